The highest BCUT2D eigenvalue weighted by molar-refractivity contribution is 5.56. The lowest BCUT2D eigenvalue weighted by atomic mass is 10.3. The highest BCUT2D eigenvalue weighted by atomic mass is 15.3. The van der Waals surface area contributed by atoms with Crippen molar-refractivity contribution in [2.45, 2.75) is 12.8 Å². The van der Waals surface area contributed by atoms with Gasteiger partial charge in [-0.3, -0.25) is 0 Å². The molecule has 1 aliphatic rings. The number of nitrogens with zero attached hydrogens (tertiary/aromatic N) is 5. The number of hydrogen-bond donors (Lipinski definition) is 0. The summed E-state index contributed by atoms with van der Waals surface area (Å²) in [5.74, 6) is 1.56. The average molecular weight is 255 g/mol. The summed E-state index contributed by atoms with van der Waals surface area (Å²) in [6, 6.07) is 10.1. The van der Waals surface area contributed by atoms with E-state index < -0.39 is 0 Å². The minimum Gasteiger partial charge on any atom is -0.355 e. The molecule has 1 saturated heterocycles. The van der Waals surface area contributed by atoms with Crippen LogP contribution in [0.2, 0.25) is 0 Å². The van der Waals surface area contributed by atoms with Crippen LogP contribution < -0.4 is 9.80 Å². The van der Waals surface area contributed by atoms with Crippen molar-refractivity contribution in [3.63, 3.8) is 0 Å². The van der Waals surface area contributed by atoms with Crippen LogP contribution in [-0.4, -0.2) is 35.3 Å². The van der Waals surface area contributed by atoms with Gasteiger partial charge in [-0.15, -0.1) is 5.10 Å². The van der Waals surface area contributed by atoms with Gasteiger partial charge in [-0.1, -0.05) is 18.2 Å². The van der Waals surface area contributed by atoms with E-state index in [2.05, 4.69) is 20.1 Å². The van der Waals surface area contributed by atoms with E-state index in [1.807, 2.05) is 42.3 Å². The molecule has 0 bridgehead atoms. The maximum absolute atomic E-state index is 4.61. The number of aromatic nitrogens is 3. The zero-order valence-electron chi connectivity index (χ0n) is 11.0. The summed E-state index contributed by atoms with van der Waals surface area (Å²) in [7, 11) is 1.96. The van der Waals surface area contributed by atoms with Gasteiger partial charge in [0.15, 0.2) is 5.82 Å². The van der Waals surface area contributed by atoms with Crippen molar-refractivity contribution in [1.29, 1.82) is 0 Å². The van der Waals surface area contributed by atoms with Crippen LogP contribution in [0.5, 0.6) is 0 Å². The Balaban J connectivity index is 1.86. The van der Waals surface area contributed by atoms with Crippen molar-refractivity contribution in [3.8, 4) is 0 Å². The summed E-state index contributed by atoms with van der Waals surface area (Å²) in [5, 5.41) is 8.21. The van der Waals surface area contributed by atoms with Gasteiger partial charge in [0.1, 0.15) is 0 Å². The Morgan fingerprint density at radius 2 is 1.84 bits per heavy atom. The normalized spacial score (nSPS) is 14.7. The highest BCUT2D eigenvalue weighted by Crippen LogP contribution is 2.22. The van der Waals surface area contributed by atoms with Crippen LogP contribution in [0.3, 0.4) is 0 Å². The summed E-state index contributed by atoms with van der Waals surface area (Å²) >= 11 is 0. The molecule has 1 aliphatic heterocycles. The predicted octanol–water partition coefficient (Wildman–Crippen LogP) is 2.24. The Morgan fingerprint density at radius 1 is 1.11 bits per heavy atom. The molecule has 0 N–H and O–H groups in total. The average Bonchev–Trinajstić information content (AvgIpc) is 3.02. The molecule has 5 heteroatoms. The van der Waals surface area contributed by atoms with Crippen molar-refractivity contribution in [3.05, 3.63) is 36.5 Å². The summed E-state index contributed by atoms with van der Waals surface area (Å²) in [5.41, 5.74) is 1.06. The number of hydrogen-bond acceptors (Lipinski definition) is 5. The van der Waals surface area contributed by atoms with Crippen LogP contribution in [0.15, 0.2) is 36.5 Å². The van der Waals surface area contributed by atoms with Crippen LogP contribution in [0.4, 0.5) is 17.5 Å². The molecule has 3 rings (SSSR count). The quantitative estimate of drug-likeness (QED) is 0.841. The van der Waals surface area contributed by atoms with Gasteiger partial charge in [-0.25, -0.2) is 0 Å². The molecule has 0 amide bonds. The van der Waals surface area contributed by atoms with E-state index >= 15 is 0 Å². The molecule has 19 heavy (non-hydrogen) atoms. The van der Waals surface area contributed by atoms with Gasteiger partial charge in [-0.2, -0.15) is 10.1 Å². The number of para-hydroxylation sites is 1. The molecular formula is C14H17N5. The summed E-state index contributed by atoms with van der Waals surface area (Å²) < 4.78 is 0. The summed E-state index contributed by atoms with van der Waals surface area (Å²) in [4.78, 5) is 8.82. The second kappa shape index (κ2) is 5.22. The number of rotatable bonds is 3. The lowest BCUT2D eigenvalue weighted by Crippen LogP contribution is -2.21. The summed E-state index contributed by atoms with van der Waals surface area (Å²) in [6.45, 7) is 2.13. The van der Waals surface area contributed by atoms with Crippen LogP contribution in [0, 0.1) is 0 Å². The molecule has 1 fully saturated rings. The largest absolute Gasteiger partial charge is 0.355 e. The maximum atomic E-state index is 4.61. The smallest absolute Gasteiger partial charge is 0.251 e. The summed E-state index contributed by atoms with van der Waals surface area (Å²) in [6.07, 6.45) is 4.20. The van der Waals surface area contributed by atoms with Crippen molar-refractivity contribution < 1.29 is 0 Å². The van der Waals surface area contributed by atoms with E-state index in [1.54, 1.807) is 6.20 Å². The first-order chi connectivity index (χ1) is 9.34. The Labute approximate surface area is 112 Å². The van der Waals surface area contributed by atoms with Gasteiger partial charge in [0, 0.05) is 25.8 Å². The molecule has 98 valence electrons. The molecular weight excluding hydrogens is 238 g/mol. The molecule has 2 heterocycles. The minimum absolute atomic E-state index is 0.635. The maximum Gasteiger partial charge on any atom is 0.251 e. The Kier molecular flexibility index (Phi) is 3.27. The fraction of sp³-hybridized carbons (Fsp3) is 0.357. The van der Waals surface area contributed by atoms with Gasteiger partial charge >= 0.3 is 0 Å². The molecule has 0 atom stereocenters. The van der Waals surface area contributed by atoms with Gasteiger partial charge < -0.3 is 9.80 Å². The van der Waals surface area contributed by atoms with Crippen LogP contribution in [0.25, 0.3) is 0 Å². The predicted molar refractivity (Wildman–Crippen MR) is 75.8 cm³/mol. The van der Waals surface area contributed by atoms with Gasteiger partial charge in [0.2, 0.25) is 0 Å². The second-order valence-electron chi connectivity index (χ2n) is 4.70. The zero-order valence-corrected chi connectivity index (χ0v) is 11.0. The van der Waals surface area contributed by atoms with E-state index in [-0.39, 0.29) is 0 Å². The fourth-order valence-electron chi connectivity index (χ4n) is 2.29. The van der Waals surface area contributed by atoms with E-state index in [0.29, 0.717) is 5.95 Å². The standard InChI is InChI=1S/C14H17N5/c1-18(12-7-3-2-4-8-12)14-16-13(11-15-17-14)19-9-5-6-10-19/h2-4,7-8,11H,5-6,9-10H2,1H3. The first-order valence-electron chi connectivity index (χ1n) is 6.58. The zero-order chi connectivity index (χ0) is 13.1. The first-order valence-corrected chi connectivity index (χ1v) is 6.58. The molecule has 1 aromatic carbocycles. The van der Waals surface area contributed by atoms with Gasteiger partial charge in [-0.05, 0) is 25.0 Å². The minimum atomic E-state index is 0.635. The third-order valence-corrected chi connectivity index (χ3v) is 3.41. The Bertz CT molecular complexity index is 537. The molecule has 0 spiro atoms. The Hall–Kier alpha value is -2.17. The fourth-order valence-corrected chi connectivity index (χ4v) is 2.29. The van der Waals surface area contributed by atoms with Crippen LogP contribution in [-0.2, 0) is 0 Å². The van der Waals surface area contributed by atoms with Gasteiger partial charge in [0.05, 0.1) is 6.20 Å². The van der Waals surface area contributed by atoms with E-state index in [1.165, 1.54) is 12.8 Å². The lowest BCUT2D eigenvalue weighted by molar-refractivity contribution is 0.870. The molecule has 2 aromatic rings. The molecule has 0 unspecified atom stereocenters. The SMILES string of the molecule is CN(c1ccccc1)c1nncc(N2CCCC2)n1. The lowest BCUT2D eigenvalue weighted by Gasteiger charge is -2.20. The van der Waals surface area contributed by atoms with Gasteiger partial charge in [0.25, 0.3) is 5.95 Å². The van der Waals surface area contributed by atoms with Crippen molar-refractivity contribution in [2.24, 2.45) is 0 Å². The number of benzene rings is 1. The van der Waals surface area contributed by atoms with Crippen molar-refractivity contribution in [2.75, 3.05) is 29.9 Å². The second-order valence-corrected chi connectivity index (χ2v) is 4.70. The number of anilines is 3. The monoisotopic (exact) mass is 255 g/mol. The van der Waals surface area contributed by atoms with Crippen LogP contribution >= 0.6 is 0 Å². The van der Waals surface area contributed by atoms with Crippen molar-refractivity contribution >= 4 is 17.5 Å². The topological polar surface area (TPSA) is 45.2 Å². The van der Waals surface area contributed by atoms with E-state index in [4.69, 9.17) is 0 Å². The molecule has 1 aromatic heterocycles. The molecule has 0 saturated carbocycles. The molecule has 0 aliphatic carbocycles. The third kappa shape index (κ3) is 2.50. The highest BCUT2D eigenvalue weighted by Gasteiger charge is 2.16. The Morgan fingerprint density at radius 3 is 2.58 bits per heavy atom. The van der Waals surface area contributed by atoms with Crippen LogP contribution in [0.1, 0.15) is 12.8 Å². The molecule has 0 radical (unpaired) electrons. The van der Waals surface area contributed by atoms with E-state index in [0.717, 1.165) is 24.6 Å². The molecule has 5 nitrogen and oxygen atoms in total. The third-order valence-electron chi connectivity index (χ3n) is 3.41. The first kappa shape index (κ1) is 11.9. The van der Waals surface area contributed by atoms with Crippen molar-refractivity contribution in [1.82, 2.24) is 15.2 Å². The van der Waals surface area contributed by atoms with E-state index in [9.17, 15) is 0 Å².